The molecule has 0 spiro atoms. The average Bonchev–Trinajstić information content (AvgIpc) is 3.62. The molecule has 0 saturated heterocycles. The summed E-state index contributed by atoms with van der Waals surface area (Å²) in [5.74, 6) is 3.66. The molecule has 0 unspecified atom stereocenters. The van der Waals surface area contributed by atoms with Gasteiger partial charge in [-0.25, -0.2) is 0 Å². The van der Waals surface area contributed by atoms with E-state index in [0.29, 0.717) is 19.8 Å². The van der Waals surface area contributed by atoms with Crippen molar-refractivity contribution in [2.75, 3.05) is 25.1 Å². The Morgan fingerprint density at radius 1 is 0.659 bits per heavy atom. The summed E-state index contributed by atoms with van der Waals surface area (Å²) in [7, 11) is 0. The maximum absolute atomic E-state index is 11.6. The van der Waals surface area contributed by atoms with Crippen LogP contribution in [0, 0.1) is 13.8 Å². The van der Waals surface area contributed by atoms with Crippen LogP contribution in [0.5, 0.6) is 17.2 Å². The van der Waals surface area contributed by atoms with Gasteiger partial charge < -0.3 is 34.1 Å². The number of anilines is 1. The first kappa shape index (κ1) is 33.1. The molecule has 0 amide bonds. The normalized spacial score (nSPS) is 12.1. The molecule has 4 aromatic rings. The maximum Gasteiger partial charge on any atom is 0.275 e. The molecular formula is C30H40N2O9. The Morgan fingerprint density at radius 3 is 1.49 bits per heavy atom. The van der Waals surface area contributed by atoms with Crippen LogP contribution in [0.15, 0.2) is 52.3 Å². The fourth-order valence-corrected chi connectivity index (χ4v) is 3.73. The summed E-state index contributed by atoms with van der Waals surface area (Å²) in [4.78, 5) is 44.6. The maximum atomic E-state index is 11.6. The molecule has 0 radical (unpaired) electrons. The van der Waals surface area contributed by atoms with E-state index < -0.39 is 21.7 Å². The van der Waals surface area contributed by atoms with Gasteiger partial charge in [0, 0.05) is 0 Å². The van der Waals surface area contributed by atoms with Crippen molar-refractivity contribution in [2.45, 2.75) is 73.4 Å². The Labute approximate surface area is 238 Å². The Bertz CT molecular complexity index is 1480. The highest BCUT2D eigenvalue weighted by molar-refractivity contribution is 5.62. The van der Waals surface area contributed by atoms with Crippen LogP contribution in [0.25, 0.3) is 0 Å². The minimum absolute atomic E-state index is 0.0636. The van der Waals surface area contributed by atoms with Gasteiger partial charge >= 0.3 is 0 Å². The van der Waals surface area contributed by atoms with Crippen LogP contribution in [-0.4, -0.2) is 19.8 Å². The molecule has 0 aliphatic carbocycles. The summed E-state index contributed by atoms with van der Waals surface area (Å²) in [6.07, 6.45) is 1.66. The smallest absolute Gasteiger partial charge is 0.275 e. The van der Waals surface area contributed by atoms with E-state index in [4.69, 9.17) is 28.8 Å². The fraction of sp³-hybridized carbons (Fsp3) is 0.467. The number of ether oxygens (including phenoxy) is 3. The molecule has 4 rings (SSSR count). The topological polar surface area (TPSA) is 160 Å². The van der Waals surface area contributed by atoms with Crippen molar-refractivity contribution in [3.05, 3.63) is 88.2 Å². The lowest BCUT2D eigenvalue weighted by Gasteiger charge is -2.19. The summed E-state index contributed by atoms with van der Waals surface area (Å²) in [6, 6.07) is 7.52. The number of furan rings is 2. The van der Waals surface area contributed by atoms with E-state index in [1.54, 1.807) is 20.8 Å². The molecule has 2 atom stereocenters. The Kier molecular flexibility index (Phi) is 12.6. The molecule has 0 fully saturated rings. The Morgan fingerprint density at radius 2 is 1.10 bits per heavy atom. The van der Waals surface area contributed by atoms with E-state index in [9.17, 15) is 19.2 Å². The zero-order valence-electron chi connectivity index (χ0n) is 24.8. The van der Waals surface area contributed by atoms with Crippen molar-refractivity contribution in [3.8, 4) is 17.2 Å². The predicted molar refractivity (Wildman–Crippen MR) is 157 cm³/mol. The van der Waals surface area contributed by atoms with Gasteiger partial charge in [0.05, 0.1) is 31.9 Å². The molecule has 2 aromatic heterocycles. The number of rotatable bonds is 12. The van der Waals surface area contributed by atoms with E-state index in [2.05, 4.69) is 5.32 Å². The number of hydrogen-bond donors (Lipinski definition) is 2. The van der Waals surface area contributed by atoms with Gasteiger partial charge in [-0.1, -0.05) is 13.8 Å². The highest BCUT2D eigenvalue weighted by Crippen LogP contribution is 2.27. The average molecular weight is 573 g/mol. The van der Waals surface area contributed by atoms with Crippen LogP contribution < -0.4 is 47.0 Å². The third-order valence-corrected chi connectivity index (χ3v) is 5.96. The van der Waals surface area contributed by atoms with Crippen molar-refractivity contribution >= 4 is 5.69 Å². The first-order valence-corrected chi connectivity index (χ1v) is 13.7. The van der Waals surface area contributed by atoms with Gasteiger partial charge in [-0.05, 0) is 71.7 Å². The number of nitrogens with two attached hydrogens (primary N) is 1. The molecule has 3 N–H and O–H groups in total. The van der Waals surface area contributed by atoms with Crippen molar-refractivity contribution in [1.82, 2.24) is 0 Å². The molecule has 11 nitrogen and oxygen atoms in total. The Balaban J connectivity index is 0.000000230. The van der Waals surface area contributed by atoms with Crippen molar-refractivity contribution in [3.63, 3.8) is 0 Å². The standard InChI is InChI=1S/C14H17NO4.C8H13NO.C8H10O4/c1-4-9(10-7-6-8(3)19-10)15-11-12(16)13(17)14(11)18-5-2;1-3-7(9)8-5-4-6(2)10-8;1-3-11-7-5(9)6(10)8(7)12-4-2/h6-7,9,15H,4-5H2,1-3H3;4-5,7H,3,9H2,1-2H3;3-4H2,1-2H3/t9-;7-;/m11./s1. The Hall–Kier alpha value is -4.12. The predicted octanol–water partition coefficient (Wildman–Crippen LogP) is 4.22. The lowest BCUT2D eigenvalue weighted by molar-refractivity contribution is 0.274. The molecule has 2 heterocycles. The summed E-state index contributed by atoms with van der Waals surface area (Å²) in [6.45, 7) is 14.1. The monoisotopic (exact) mass is 572 g/mol. The van der Waals surface area contributed by atoms with Crippen LogP contribution in [0.2, 0.25) is 0 Å². The third-order valence-electron chi connectivity index (χ3n) is 5.96. The van der Waals surface area contributed by atoms with E-state index in [0.717, 1.165) is 35.9 Å². The summed E-state index contributed by atoms with van der Waals surface area (Å²) >= 11 is 0. The molecular weight excluding hydrogens is 532 g/mol. The van der Waals surface area contributed by atoms with Crippen molar-refractivity contribution < 1.29 is 23.0 Å². The van der Waals surface area contributed by atoms with E-state index in [-0.39, 0.29) is 35.0 Å². The van der Waals surface area contributed by atoms with Crippen LogP contribution in [0.3, 0.4) is 0 Å². The lowest BCUT2D eigenvalue weighted by Crippen LogP contribution is -2.36. The highest BCUT2D eigenvalue weighted by Gasteiger charge is 2.26. The molecule has 41 heavy (non-hydrogen) atoms. The van der Waals surface area contributed by atoms with E-state index in [1.165, 1.54) is 0 Å². The van der Waals surface area contributed by atoms with Gasteiger partial charge in [0.25, 0.3) is 21.7 Å². The molecule has 11 heteroatoms. The summed E-state index contributed by atoms with van der Waals surface area (Å²) in [5, 5.41) is 3.04. The first-order valence-electron chi connectivity index (χ1n) is 13.7. The quantitative estimate of drug-likeness (QED) is 0.234. The molecule has 2 aromatic carbocycles. The van der Waals surface area contributed by atoms with E-state index in [1.807, 2.05) is 52.0 Å². The third kappa shape index (κ3) is 8.20. The molecule has 0 saturated carbocycles. The van der Waals surface area contributed by atoms with Gasteiger partial charge in [0.2, 0.25) is 11.5 Å². The summed E-state index contributed by atoms with van der Waals surface area (Å²) < 4.78 is 25.8. The lowest BCUT2D eigenvalue weighted by atomic mass is 10.1. The number of aryl methyl sites for hydroxylation is 2. The van der Waals surface area contributed by atoms with Crippen LogP contribution in [0.4, 0.5) is 5.69 Å². The van der Waals surface area contributed by atoms with Crippen LogP contribution in [0.1, 0.15) is 82.6 Å². The second kappa shape index (κ2) is 15.6. The largest absolute Gasteiger partial charge is 0.488 e. The van der Waals surface area contributed by atoms with Gasteiger partial charge in [0.1, 0.15) is 28.7 Å². The molecule has 224 valence electrons. The van der Waals surface area contributed by atoms with Gasteiger partial charge in [-0.15, -0.1) is 0 Å². The molecule has 0 aliphatic rings. The fourth-order valence-electron chi connectivity index (χ4n) is 3.73. The van der Waals surface area contributed by atoms with Gasteiger partial charge in [0.15, 0.2) is 5.75 Å². The molecule has 0 aliphatic heterocycles. The second-order valence-electron chi connectivity index (χ2n) is 8.99. The molecule has 0 bridgehead atoms. The second-order valence-corrected chi connectivity index (χ2v) is 8.99. The van der Waals surface area contributed by atoms with Crippen LogP contribution >= 0.6 is 0 Å². The van der Waals surface area contributed by atoms with Gasteiger partial charge in [-0.3, -0.25) is 19.2 Å². The minimum atomic E-state index is -0.583. The summed E-state index contributed by atoms with van der Waals surface area (Å²) in [5.41, 5.74) is 3.72. The van der Waals surface area contributed by atoms with Crippen molar-refractivity contribution in [1.29, 1.82) is 0 Å². The number of hydrogen-bond acceptors (Lipinski definition) is 11. The zero-order valence-corrected chi connectivity index (χ0v) is 24.8. The van der Waals surface area contributed by atoms with E-state index >= 15 is 0 Å². The van der Waals surface area contributed by atoms with Crippen molar-refractivity contribution in [2.24, 2.45) is 5.73 Å². The number of nitrogens with one attached hydrogen (secondary N) is 1. The first-order chi connectivity index (χ1) is 19.5. The minimum Gasteiger partial charge on any atom is -0.488 e. The van der Waals surface area contributed by atoms with Crippen LogP contribution in [-0.2, 0) is 0 Å². The SMILES string of the molecule is CCOc1c(N[C@H](CC)c2ccc(C)o2)c(=O)c1=O.CCOc1c(OCC)c(=O)c1=O.CC[C@@H](N)c1ccc(C)o1. The highest BCUT2D eigenvalue weighted by atomic mass is 16.5. The van der Waals surface area contributed by atoms with Gasteiger partial charge in [-0.2, -0.15) is 0 Å². The zero-order chi connectivity index (χ0) is 30.7.